The summed E-state index contributed by atoms with van der Waals surface area (Å²) >= 11 is 7.58. The molecular formula is C21H23ClN8OS. The van der Waals surface area contributed by atoms with Crippen molar-refractivity contribution in [3.05, 3.63) is 52.7 Å². The molecular weight excluding hydrogens is 448 g/mol. The average molecular weight is 471 g/mol. The van der Waals surface area contributed by atoms with E-state index in [1.165, 1.54) is 22.9 Å². The van der Waals surface area contributed by atoms with Gasteiger partial charge in [0.1, 0.15) is 16.5 Å². The molecule has 1 fully saturated rings. The molecule has 0 radical (unpaired) electrons. The molecule has 1 saturated heterocycles. The van der Waals surface area contributed by atoms with E-state index in [0.29, 0.717) is 21.6 Å². The van der Waals surface area contributed by atoms with E-state index in [0.717, 1.165) is 37.2 Å². The topological polar surface area (TPSA) is 140 Å². The quantitative estimate of drug-likeness (QED) is 0.518. The number of pyridine rings is 1. The minimum atomic E-state index is -0.206. The highest BCUT2D eigenvalue weighted by Crippen LogP contribution is 2.45. The number of nitrogens with zero attached hydrogens (tertiary/aromatic N) is 6. The van der Waals surface area contributed by atoms with Crippen LogP contribution in [0.5, 0.6) is 0 Å². The van der Waals surface area contributed by atoms with Gasteiger partial charge in [0, 0.05) is 35.6 Å². The summed E-state index contributed by atoms with van der Waals surface area (Å²) in [7, 11) is 0. The molecule has 1 atom stereocenters. The number of hydrogen-bond donors (Lipinski definition) is 3. The first-order chi connectivity index (χ1) is 15.5. The Morgan fingerprint density at radius 2 is 1.97 bits per heavy atom. The molecule has 2 aliphatic rings. The molecule has 3 aromatic rings. The van der Waals surface area contributed by atoms with E-state index in [1.54, 1.807) is 18.5 Å². The van der Waals surface area contributed by atoms with Crippen molar-refractivity contribution >= 4 is 35.0 Å². The van der Waals surface area contributed by atoms with Crippen LogP contribution in [0.1, 0.15) is 29.7 Å². The largest absolute Gasteiger partial charge is 0.390 e. The summed E-state index contributed by atoms with van der Waals surface area (Å²) in [5.41, 5.74) is 15.3. The first kappa shape index (κ1) is 21.3. The number of halogens is 1. The normalized spacial score (nSPS) is 19.3. The van der Waals surface area contributed by atoms with Gasteiger partial charge in [-0.2, -0.15) is 10.2 Å². The van der Waals surface area contributed by atoms with Crippen LogP contribution in [0.15, 0.2) is 40.8 Å². The zero-order valence-corrected chi connectivity index (χ0v) is 18.9. The average Bonchev–Trinajstić information content (AvgIpc) is 3.08. The van der Waals surface area contributed by atoms with Gasteiger partial charge in [-0.3, -0.25) is 0 Å². The summed E-state index contributed by atoms with van der Waals surface area (Å²) < 4.78 is 0. The molecule has 11 heteroatoms. The fourth-order valence-electron chi connectivity index (χ4n) is 4.80. The van der Waals surface area contributed by atoms with Gasteiger partial charge in [0.2, 0.25) is 0 Å². The summed E-state index contributed by atoms with van der Waals surface area (Å²) in [6.45, 7) is 1.34. The van der Waals surface area contributed by atoms with Crippen LogP contribution in [0.4, 0.5) is 11.6 Å². The Hall–Kier alpha value is -2.53. The second kappa shape index (κ2) is 8.43. The third-order valence-electron chi connectivity index (χ3n) is 6.50. The van der Waals surface area contributed by atoms with Crippen molar-refractivity contribution in [2.24, 2.45) is 5.73 Å². The second-order valence-corrected chi connectivity index (χ2v) is 9.57. The van der Waals surface area contributed by atoms with E-state index in [1.807, 2.05) is 12.4 Å². The van der Waals surface area contributed by atoms with Crippen molar-refractivity contribution in [1.29, 1.82) is 0 Å². The van der Waals surface area contributed by atoms with Crippen molar-refractivity contribution in [3.8, 4) is 0 Å². The Bertz CT molecular complexity index is 1150. The zero-order chi connectivity index (χ0) is 22.3. The number of aromatic nitrogens is 5. The highest BCUT2D eigenvalue weighted by molar-refractivity contribution is 7.99. The molecule has 1 spiro atoms. The summed E-state index contributed by atoms with van der Waals surface area (Å²) in [5.74, 6) is 0.968. The molecule has 1 aliphatic carbocycles. The number of aliphatic hydroxyl groups excluding tert-OH is 1. The van der Waals surface area contributed by atoms with E-state index in [-0.39, 0.29) is 23.9 Å². The van der Waals surface area contributed by atoms with Crippen molar-refractivity contribution in [1.82, 2.24) is 25.1 Å². The fraction of sp³-hybridized carbons (Fsp3) is 0.381. The Kier molecular flexibility index (Phi) is 5.62. The molecule has 0 aromatic carbocycles. The SMILES string of the molecule is Nc1nccc(Sc2cnc(N3CCC4(CC3)c3cnncc3C[C@H]4N)c(CO)n2)c1Cl. The maximum absolute atomic E-state index is 9.99. The van der Waals surface area contributed by atoms with E-state index >= 15 is 0 Å². The van der Waals surface area contributed by atoms with E-state index < -0.39 is 0 Å². The van der Waals surface area contributed by atoms with Gasteiger partial charge in [-0.25, -0.2) is 15.0 Å². The van der Waals surface area contributed by atoms with Crippen molar-refractivity contribution < 1.29 is 5.11 Å². The van der Waals surface area contributed by atoms with Crippen molar-refractivity contribution in [3.63, 3.8) is 0 Å². The molecule has 32 heavy (non-hydrogen) atoms. The maximum atomic E-state index is 9.99. The van der Waals surface area contributed by atoms with Crippen LogP contribution in [0.25, 0.3) is 0 Å². The highest BCUT2D eigenvalue weighted by atomic mass is 35.5. The van der Waals surface area contributed by atoms with Crippen molar-refractivity contribution in [2.75, 3.05) is 23.7 Å². The number of aliphatic hydroxyl groups is 1. The smallest absolute Gasteiger partial charge is 0.152 e. The first-order valence-corrected chi connectivity index (χ1v) is 11.6. The molecule has 5 rings (SSSR count). The summed E-state index contributed by atoms with van der Waals surface area (Å²) in [6.07, 6.45) is 9.62. The molecule has 1 aliphatic heterocycles. The molecule has 5 N–H and O–H groups in total. The third-order valence-corrected chi connectivity index (χ3v) is 7.98. The predicted molar refractivity (Wildman–Crippen MR) is 123 cm³/mol. The number of nitrogen functional groups attached to an aromatic ring is 1. The van der Waals surface area contributed by atoms with Crippen LogP contribution in [0, 0.1) is 0 Å². The molecule has 0 unspecified atom stereocenters. The highest BCUT2D eigenvalue weighted by Gasteiger charge is 2.47. The number of nitrogens with two attached hydrogens (primary N) is 2. The monoisotopic (exact) mass is 470 g/mol. The first-order valence-electron chi connectivity index (χ1n) is 10.4. The van der Waals surface area contributed by atoms with Crippen LogP contribution < -0.4 is 16.4 Å². The van der Waals surface area contributed by atoms with Crippen LogP contribution >= 0.6 is 23.4 Å². The van der Waals surface area contributed by atoms with E-state index in [9.17, 15) is 5.11 Å². The lowest BCUT2D eigenvalue weighted by molar-refractivity contribution is 0.271. The molecule has 0 bridgehead atoms. The standard InChI is InChI=1S/C21H23ClN8OS/c22-18-15(1-4-25-19(18)24)32-17-10-26-20(14(11-31)29-17)30-5-2-21(3-6-30)13-9-28-27-8-12(13)7-16(21)23/h1,4,8-10,16,31H,2-3,5-7,11,23H2,(H2,24,25)/t16-/m1/s1. The molecule has 4 heterocycles. The van der Waals surface area contributed by atoms with Crippen LogP contribution in [-0.2, 0) is 18.4 Å². The van der Waals surface area contributed by atoms with Gasteiger partial charge in [0.25, 0.3) is 0 Å². The van der Waals surface area contributed by atoms with Crippen LogP contribution in [-0.4, -0.2) is 49.4 Å². The fourth-order valence-corrected chi connectivity index (χ4v) is 5.84. The van der Waals surface area contributed by atoms with Crippen molar-refractivity contribution in [2.45, 2.75) is 47.2 Å². The summed E-state index contributed by atoms with van der Waals surface area (Å²) in [6, 6.07) is 1.83. The predicted octanol–water partition coefficient (Wildman–Crippen LogP) is 1.96. The maximum Gasteiger partial charge on any atom is 0.152 e. The van der Waals surface area contributed by atoms with Gasteiger partial charge in [-0.05, 0) is 36.5 Å². The van der Waals surface area contributed by atoms with Crippen LogP contribution in [0.2, 0.25) is 5.02 Å². The van der Waals surface area contributed by atoms with Gasteiger partial charge >= 0.3 is 0 Å². The minimum Gasteiger partial charge on any atom is -0.390 e. The molecule has 0 amide bonds. The van der Waals surface area contributed by atoms with Gasteiger partial charge in [-0.15, -0.1) is 0 Å². The second-order valence-electron chi connectivity index (χ2n) is 8.13. The Morgan fingerprint density at radius 1 is 1.19 bits per heavy atom. The Balaban J connectivity index is 1.36. The lowest BCUT2D eigenvalue weighted by atomic mass is 9.72. The summed E-state index contributed by atoms with van der Waals surface area (Å²) in [4.78, 5) is 16.1. The number of piperidine rings is 1. The zero-order valence-electron chi connectivity index (χ0n) is 17.3. The lowest BCUT2D eigenvalue weighted by Gasteiger charge is -2.43. The van der Waals surface area contributed by atoms with Gasteiger partial charge < -0.3 is 21.5 Å². The van der Waals surface area contributed by atoms with E-state index in [2.05, 4.69) is 30.0 Å². The van der Waals surface area contributed by atoms with Gasteiger partial charge in [-0.1, -0.05) is 23.4 Å². The minimum absolute atomic E-state index is 0.0605. The molecule has 166 valence electrons. The number of hydrogen-bond acceptors (Lipinski definition) is 10. The van der Waals surface area contributed by atoms with E-state index in [4.69, 9.17) is 23.1 Å². The molecule has 3 aromatic heterocycles. The Morgan fingerprint density at radius 3 is 2.75 bits per heavy atom. The molecule has 0 saturated carbocycles. The lowest BCUT2D eigenvalue weighted by Crippen LogP contribution is -2.51. The Labute approximate surface area is 194 Å². The number of fused-ring (bicyclic) bond motifs is 2. The third kappa shape index (κ3) is 3.57. The number of rotatable bonds is 4. The van der Waals surface area contributed by atoms with Gasteiger partial charge in [0.05, 0.1) is 30.2 Å². The van der Waals surface area contributed by atoms with Crippen LogP contribution in [0.3, 0.4) is 0 Å². The number of anilines is 2. The van der Waals surface area contributed by atoms with Gasteiger partial charge in [0.15, 0.2) is 5.82 Å². The molecule has 9 nitrogen and oxygen atoms in total. The summed E-state index contributed by atoms with van der Waals surface area (Å²) in [5, 5.41) is 19.1.